The van der Waals surface area contributed by atoms with E-state index in [1.807, 2.05) is 18.5 Å². The number of thiazole rings is 1. The van der Waals surface area contributed by atoms with Crippen molar-refractivity contribution >= 4 is 11.3 Å². The van der Waals surface area contributed by atoms with Crippen LogP contribution < -0.4 is 4.74 Å². The molecule has 0 saturated heterocycles. The molecule has 84 valence electrons. The molecule has 0 amide bonds. The van der Waals surface area contributed by atoms with Gasteiger partial charge in [-0.1, -0.05) is 11.6 Å². The van der Waals surface area contributed by atoms with Gasteiger partial charge in [-0.05, 0) is 32.9 Å². The van der Waals surface area contributed by atoms with Gasteiger partial charge in [-0.15, -0.1) is 11.3 Å². The van der Waals surface area contributed by atoms with E-state index in [0.717, 1.165) is 17.0 Å². The molecule has 2 aromatic rings. The minimum Gasteiger partial charge on any atom is -0.493 e. The van der Waals surface area contributed by atoms with Crippen LogP contribution in [0.3, 0.4) is 0 Å². The fraction of sp³-hybridized carbons (Fsp3) is 0.308. The highest BCUT2D eigenvalue weighted by molar-refractivity contribution is 7.10. The van der Waals surface area contributed by atoms with Gasteiger partial charge in [0.15, 0.2) is 0 Å². The molecule has 0 aliphatic heterocycles. The third-order valence-electron chi connectivity index (χ3n) is 2.43. The summed E-state index contributed by atoms with van der Waals surface area (Å²) in [6, 6.07) is 6.22. The van der Waals surface area contributed by atoms with E-state index in [-0.39, 0.29) is 0 Å². The van der Waals surface area contributed by atoms with Crippen molar-refractivity contribution in [3.8, 4) is 17.0 Å². The molecule has 1 aromatic carbocycles. The lowest BCUT2D eigenvalue weighted by molar-refractivity contribution is 0.341. The summed E-state index contributed by atoms with van der Waals surface area (Å²) in [5, 5.41) is 0. The molecule has 0 aliphatic rings. The predicted octanol–water partition coefficient (Wildman–Crippen LogP) is 3.83. The van der Waals surface area contributed by atoms with Crippen LogP contribution in [0.5, 0.6) is 5.75 Å². The summed E-state index contributed by atoms with van der Waals surface area (Å²) in [5.74, 6) is 0.919. The van der Waals surface area contributed by atoms with Gasteiger partial charge in [-0.3, -0.25) is 0 Å². The Morgan fingerprint density at radius 1 is 1.31 bits per heavy atom. The lowest BCUT2D eigenvalue weighted by Crippen LogP contribution is -1.95. The zero-order valence-corrected chi connectivity index (χ0v) is 10.6. The zero-order chi connectivity index (χ0) is 11.5. The Labute approximate surface area is 99.9 Å². The van der Waals surface area contributed by atoms with E-state index in [1.54, 1.807) is 11.3 Å². The number of aromatic nitrogens is 1. The van der Waals surface area contributed by atoms with E-state index in [9.17, 15) is 0 Å². The van der Waals surface area contributed by atoms with E-state index in [1.165, 1.54) is 10.4 Å². The number of rotatable bonds is 3. The molecule has 3 heteroatoms. The van der Waals surface area contributed by atoms with Crippen molar-refractivity contribution in [2.45, 2.75) is 20.8 Å². The molecular weight excluding hydrogens is 218 g/mol. The van der Waals surface area contributed by atoms with Gasteiger partial charge in [0.25, 0.3) is 0 Å². The van der Waals surface area contributed by atoms with Crippen LogP contribution >= 0.6 is 11.3 Å². The van der Waals surface area contributed by atoms with Gasteiger partial charge in [0.05, 0.1) is 17.8 Å². The largest absolute Gasteiger partial charge is 0.493 e. The lowest BCUT2D eigenvalue weighted by Gasteiger charge is -2.10. The summed E-state index contributed by atoms with van der Waals surface area (Å²) < 4.78 is 5.64. The number of aryl methyl sites for hydroxylation is 2. The van der Waals surface area contributed by atoms with E-state index in [4.69, 9.17) is 4.74 Å². The van der Waals surface area contributed by atoms with Crippen molar-refractivity contribution in [1.82, 2.24) is 4.98 Å². The third kappa shape index (κ3) is 2.09. The molecule has 0 saturated carbocycles. The molecule has 2 nitrogen and oxygen atoms in total. The first-order valence-corrected chi connectivity index (χ1v) is 6.24. The average molecular weight is 233 g/mol. The minimum atomic E-state index is 0.680. The molecule has 0 spiro atoms. The SMILES string of the molecule is CCOc1ccc(C)cc1-c1ncsc1C. The Bertz CT molecular complexity index is 490. The van der Waals surface area contributed by atoms with Crippen molar-refractivity contribution in [3.05, 3.63) is 34.2 Å². The van der Waals surface area contributed by atoms with Crippen LogP contribution in [0.25, 0.3) is 11.3 Å². The van der Waals surface area contributed by atoms with Gasteiger partial charge in [-0.2, -0.15) is 0 Å². The van der Waals surface area contributed by atoms with Gasteiger partial charge in [-0.25, -0.2) is 4.98 Å². The van der Waals surface area contributed by atoms with Gasteiger partial charge in [0, 0.05) is 10.4 Å². The molecule has 1 aromatic heterocycles. The van der Waals surface area contributed by atoms with Crippen LogP contribution in [-0.2, 0) is 0 Å². The fourth-order valence-electron chi connectivity index (χ4n) is 1.67. The second-order valence-corrected chi connectivity index (χ2v) is 4.75. The fourth-order valence-corrected chi connectivity index (χ4v) is 2.26. The summed E-state index contributed by atoms with van der Waals surface area (Å²) in [4.78, 5) is 5.64. The highest BCUT2D eigenvalue weighted by Crippen LogP contribution is 2.33. The maximum atomic E-state index is 5.64. The molecule has 16 heavy (non-hydrogen) atoms. The summed E-state index contributed by atoms with van der Waals surface area (Å²) >= 11 is 1.67. The van der Waals surface area contributed by atoms with Crippen LogP contribution in [0.15, 0.2) is 23.7 Å². The van der Waals surface area contributed by atoms with Crippen LogP contribution in [-0.4, -0.2) is 11.6 Å². The zero-order valence-electron chi connectivity index (χ0n) is 9.78. The van der Waals surface area contributed by atoms with Gasteiger partial charge in [0.1, 0.15) is 5.75 Å². The van der Waals surface area contributed by atoms with Crippen molar-refractivity contribution in [1.29, 1.82) is 0 Å². The highest BCUT2D eigenvalue weighted by Gasteiger charge is 2.11. The summed E-state index contributed by atoms with van der Waals surface area (Å²) in [6.07, 6.45) is 0. The first-order chi connectivity index (χ1) is 7.72. The maximum Gasteiger partial charge on any atom is 0.128 e. The van der Waals surface area contributed by atoms with Crippen LogP contribution in [0.4, 0.5) is 0 Å². The topological polar surface area (TPSA) is 22.1 Å². The van der Waals surface area contributed by atoms with Crippen molar-refractivity contribution in [3.63, 3.8) is 0 Å². The number of hydrogen-bond donors (Lipinski definition) is 0. The molecule has 0 bridgehead atoms. The predicted molar refractivity (Wildman–Crippen MR) is 68.2 cm³/mol. The average Bonchev–Trinajstić information content (AvgIpc) is 2.67. The van der Waals surface area contributed by atoms with Crippen LogP contribution in [0.2, 0.25) is 0 Å². The van der Waals surface area contributed by atoms with E-state index in [0.29, 0.717) is 6.61 Å². The molecule has 0 N–H and O–H groups in total. The smallest absolute Gasteiger partial charge is 0.128 e. The first kappa shape index (κ1) is 11.1. The Balaban J connectivity index is 2.53. The van der Waals surface area contributed by atoms with Crippen LogP contribution in [0, 0.1) is 13.8 Å². The third-order valence-corrected chi connectivity index (χ3v) is 3.19. The number of hydrogen-bond acceptors (Lipinski definition) is 3. The Kier molecular flexibility index (Phi) is 3.25. The Morgan fingerprint density at radius 2 is 2.12 bits per heavy atom. The monoisotopic (exact) mass is 233 g/mol. The molecular formula is C13H15NOS. The summed E-state index contributed by atoms with van der Waals surface area (Å²) in [6.45, 7) is 6.85. The van der Waals surface area contributed by atoms with Gasteiger partial charge in [0.2, 0.25) is 0 Å². The minimum absolute atomic E-state index is 0.680. The summed E-state index contributed by atoms with van der Waals surface area (Å²) in [7, 11) is 0. The molecule has 0 unspecified atom stereocenters. The van der Waals surface area contributed by atoms with E-state index < -0.39 is 0 Å². The normalized spacial score (nSPS) is 10.4. The second-order valence-electron chi connectivity index (χ2n) is 3.69. The Morgan fingerprint density at radius 3 is 2.75 bits per heavy atom. The van der Waals surface area contributed by atoms with Gasteiger partial charge < -0.3 is 4.74 Å². The van der Waals surface area contributed by atoms with Crippen molar-refractivity contribution in [2.75, 3.05) is 6.61 Å². The first-order valence-electron chi connectivity index (χ1n) is 5.36. The Hall–Kier alpha value is -1.35. The molecule has 1 heterocycles. The standard InChI is InChI=1S/C13H15NOS/c1-4-15-12-6-5-9(2)7-11(12)13-10(3)16-8-14-13/h5-8H,4H2,1-3H3. The molecule has 2 rings (SSSR count). The second kappa shape index (κ2) is 4.66. The molecule has 0 fully saturated rings. The van der Waals surface area contributed by atoms with Crippen molar-refractivity contribution < 1.29 is 4.74 Å². The lowest BCUT2D eigenvalue weighted by atomic mass is 10.1. The quantitative estimate of drug-likeness (QED) is 0.804. The van der Waals surface area contributed by atoms with Crippen molar-refractivity contribution in [2.24, 2.45) is 0 Å². The molecule has 0 radical (unpaired) electrons. The maximum absolute atomic E-state index is 5.64. The molecule has 0 atom stereocenters. The molecule has 0 aliphatic carbocycles. The number of ether oxygens (including phenoxy) is 1. The van der Waals surface area contributed by atoms with E-state index >= 15 is 0 Å². The number of benzene rings is 1. The number of nitrogens with zero attached hydrogens (tertiary/aromatic N) is 1. The summed E-state index contributed by atoms with van der Waals surface area (Å²) in [5.41, 5.74) is 5.24. The van der Waals surface area contributed by atoms with Crippen LogP contribution in [0.1, 0.15) is 17.4 Å². The van der Waals surface area contributed by atoms with E-state index in [2.05, 4.69) is 31.0 Å². The van der Waals surface area contributed by atoms with Gasteiger partial charge >= 0.3 is 0 Å². The highest BCUT2D eigenvalue weighted by atomic mass is 32.1.